The smallest absolute Gasteiger partial charge is 0.143 e. The van der Waals surface area contributed by atoms with Crippen molar-refractivity contribution in [3.8, 4) is 22.3 Å². The van der Waals surface area contributed by atoms with Gasteiger partial charge >= 0.3 is 0 Å². The number of fused-ring (bicyclic) bond motifs is 12. The molecule has 3 aliphatic rings. The van der Waals surface area contributed by atoms with E-state index >= 15 is 0 Å². The number of rotatable bonds is 4. The monoisotopic (exact) mass is 677 g/mol. The van der Waals surface area contributed by atoms with Crippen molar-refractivity contribution in [3.05, 3.63) is 214 Å². The molecule has 0 radical (unpaired) electrons. The predicted octanol–water partition coefficient (Wildman–Crippen LogP) is 11.2. The average Bonchev–Trinajstić information content (AvgIpc) is 3.66. The number of amidine groups is 1. The van der Waals surface area contributed by atoms with Gasteiger partial charge in [0.1, 0.15) is 11.9 Å². The largest absolute Gasteiger partial charge is 0.308 e. The molecule has 2 atom stereocenters. The first-order valence-corrected chi connectivity index (χ1v) is 18.4. The number of hydrogen-bond donors (Lipinski definition) is 2. The summed E-state index contributed by atoms with van der Waals surface area (Å²) < 4.78 is 0. The summed E-state index contributed by atoms with van der Waals surface area (Å²) in [6.45, 7) is 8.45. The van der Waals surface area contributed by atoms with Crippen LogP contribution in [0.4, 0.5) is 0 Å². The Hall–Kier alpha value is -5.68. The van der Waals surface area contributed by atoms with Gasteiger partial charge in [0.05, 0.1) is 5.41 Å². The van der Waals surface area contributed by atoms with Crippen molar-refractivity contribution in [3.63, 3.8) is 0 Å². The van der Waals surface area contributed by atoms with Crippen molar-refractivity contribution in [2.24, 2.45) is 10.8 Å². The van der Waals surface area contributed by atoms with E-state index in [0.29, 0.717) is 5.84 Å². The van der Waals surface area contributed by atoms with Crippen molar-refractivity contribution < 1.29 is 0 Å². The van der Waals surface area contributed by atoms with E-state index in [1.165, 1.54) is 55.0 Å². The van der Waals surface area contributed by atoms with Crippen LogP contribution in [0.3, 0.4) is 0 Å². The highest BCUT2D eigenvalue weighted by atomic mass is 32.2. The summed E-state index contributed by atoms with van der Waals surface area (Å²) in [5.74, 6) is 6.79. The Morgan fingerprint density at radius 2 is 1.27 bits per heavy atom. The first-order valence-electron chi connectivity index (χ1n) is 17.6. The Bertz CT molecular complexity index is 2370. The summed E-state index contributed by atoms with van der Waals surface area (Å²) in [4.78, 5) is 6.57. The molecule has 6 aromatic carbocycles. The maximum Gasteiger partial charge on any atom is 0.143 e. The number of nitrogens with two attached hydrogens (primary N) is 1. The van der Waals surface area contributed by atoms with Gasteiger partial charge in [-0.25, -0.2) is 5.84 Å². The molecule has 2 unspecified atom stereocenters. The van der Waals surface area contributed by atoms with E-state index < -0.39 is 5.41 Å². The van der Waals surface area contributed by atoms with Crippen molar-refractivity contribution in [1.82, 2.24) is 5.43 Å². The molecule has 1 heterocycles. The van der Waals surface area contributed by atoms with E-state index in [0.717, 1.165) is 22.3 Å². The molecular weight excluding hydrogens is 639 g/mol. The van der Waals surface area contributed by atoms with Crippen LogP contribution in [0, 0.1) is 0 Å². The molecule has 0 bridgehead atoms. The fraction of sp³-hybridized carbons (Fsp3) is 0.0851. The number of allylic oxidation sites excluding steroid dienone is 4. The molecule has 1 spiro atoms. The highest BCUT2D eigenvalue weighted by Crippen LogP contribution is 2.64. The SMILES string of the molecule is C=C1/C=C\C=C/Sc2c1ccc1c2-c2ccccc2C12c1ccccc1-c1ccc(C(N=C(NN)c3ccccc3)c3ccccc3)cc12.CC. The lowest BCUT2D eigenvalue weighted by atomic mass is 9.70. The van der Waals surface area contributed by atoms with Gasteiger partial charge in [-0.15, -0.1) is 0 Å². The van der Waals surface area contributed by atoms with Gasteiger partial charge < -0.3 is 5.43 Å². The van der Waals surface area contributed by atoms with Gasteiger partial charge in [0.15, 0.2) is 0 Å². The first kappa shape index (κ1) is 32.5. The van der Waals surface area contributed by atoms with Crippen LogP contribution in [-0.4, -0.2) is 5.84 Å². The second kappa shape index (κ2) is 13.6. The minimum atomic E-state index is -0.494. The van der Waals surface area contributed by atoms with Crippen LogP contribution in [-0.2, 0) is 5.41 Å². The van der Waals surface area contributed by atoms with Crippen molar-refractivity contribution in [1.29, 1.82) is 0 Å². The van der Waals surface area contributed by atoms with Gasteiger partial charge in [-0.05, 0) is 66.6 Å². The molecule has 0 aromatic heterocycles. The van der Waals surface area contributed by atoms with E-state index in [9.17, 15) is 0 Å². The lowest BCUT2D eigenvalue weighted by Gasteiger charge is -2.31. The van der Waals surface area contributed by atoms with Gasteiger partial charge in [-0.3, -0.25) is 4.99 Å². The standard InChI is InChI=1S/C45H33N3S.C2H6/c1-29-14-12-13-27-49-43-33(29)25-26-39-41(43)36-20-9-11-22-38(36)45(39)37-21-10-8-19-34(37)35-24-23-32(28-40(35)45)42(30-15-4-2-5-16-30)47-44(48-46)31-17-6-3-7-18-31;1-2/h2-28,42H,1,46H2,(H,47,48);1-2H3/b14-12-,27-13-;. The molecule has 0 fully saturated rings. The van der Waals surface area contributed by atoms with Gasteiger partial charge in [-0.1, -0.05) is 190 Å². The van der Waals surface area contributed by atoms with Crippen LogP contribution >= 0.6 is 11.8 Å². The minimum absolute atomic E-state index is 0.291. The zero-order chi connectivity index (χ0) is 35.0. The molecule has 0 saturated heterocycles. The topological polar surface area (TPSA) is 50.4 Å². The Morgan fingerprint density at radius 1 is 0.647 bits per heavy atom. The Balaban J connectivity index is 0.00000184. The van der Waals surface area contributed by atoms with Gasteiger partial charge in [0.2, 0.25) is 0 Å². The zero-order valence-electron chi connectivity index (χ0n) is 28.8. The van der Waals surface area contributed by atoms with Crippen LogP contribution in [0.2, 0.25) is 0 Å². The number of hydrogen-bond acceptors (Lipinski definition) is 3. The van der Waals surface area contributed by atoms with Crippen LogP contribution in [0.5, 0.6) is 0 Å². The second-order valence-corrected chi connectivity index (χ2v) is 13.6. The third kappa shape index (κ3) is 5.14. The lowest BCUT2D eigenvalue weighted by molar-refractivity contribution is 0.783. The van der Waals surface area contributed by atoms with Crippen LogP contribution in [0.1, 0.15) is 64.4 Å². The minimum Gasteiger partial charge on any atom is -0.308 e. The molecule has 248 valence electrons. The maximum absolute atomic E-state index is 6.15. The molecule has 0 saturated carbocycles. The van der Waals surface area contributed by atoms with E-state index in [-0.39, 0.29) is 6.04 Å². The highest BCUT2D eigenvalue weighted by Gasteiger charge is 2.52. The number of benzene rings is 6. The number of nitrogens with zero attached hydrogens (tertiary/aromatic N) is 1. The summed E-state index contributed by atoms with van der Waals surface area (Å²) in [5.41, 5.74) is 18.0. The number of hydrazine groups is 1. The van der Waals surface area contributed by atoms with Crippen LogP contribution in [0.15, 0.2) is 180 Å². The third-order valence-electron chi connectivity index (χ3n) is 10.1. The summed E-state index contributed by atoms with van der Waals surface area (Å²) in [7, 11) is 0. The summed E-state index contributed by atoms with van der Waals surface area (Å²) >= 11 is 1.78. The second-order valence-electron chi connectivity index (χ2n) is 12.6. The molecule has 0 amide bonds. The Kier molecular flexibility index (Phi) is 8.65. The molecule has 6 aromatic rings. The summed E-state index contributed by atoms with van der Waals surface area (Å²) in [6, 6.07) is 49.8. The van der Waals surface area contributed by atoms with Crippen molar-refractivity contribution in [2.45, 2.75) is 30.2 Å². The van der Waals surface area contributed by atoms with Crippen LogP contribution in [0.25, 0.3) is 27.8 Å². The molecular formula is C47H39N3S. The highest BCUT2D eigenvalue weighted by molar-refractivity contribution is 8.02. The predicted molar refractivity (Wildman–Crippen MR) is 216 cm³/mol. The molecule has 4 heteroatoms. The van der Waals surface area contributed by atoms with Crippen molar-refractivity contribution in [2.75, 3.05) is 0 Å². The normalized spacial score (nSPS) is 18.1. The quantitative estimate of drug-likeness (QED) is 0.0844. The average molecular weight is 678 g/mol. The molecule has 9 rings (SSSR count). The summed E-state index contributed by atoms with van der Waals surface area (Å²) in [5, 5.41) is 2.18. The molecule has 1 aliphatic heterocycles. The molecule has 51 heavy (non-hydrogen) atoms. The Labute approximate surface area is 305 Å². The lowest BCUT2D eigenvalue weighted by Crippen LogP contribution is -2.31. The van der Waals surface area contributed by atoms with E-state index in [4.69, 9.17) is 10.8 Å². The molecule has 3 N–H and O–H groups in total. The first-order chi connectivity index (χ1) is 25.2. The fourth-order valence-electron chi connectivity index (χ4n) is 8.07. The van der Waals surface area contributed by atoms with Gasteiger partial charge in [0.25, 0.3) is 0 Å². The maximum atomic E-state index is 6.15. The Morgan fingerprint density at radius 3 is 2.02 bits per heavy atom. The molecule has 3 nitrogen and oxygen atoms in total. The number of aliphatic imine (C=N–C) groups is 1. The van der Waals surface area contributed by atoms with Crippen LogP contribution < -0.4 is 11.3 Å². The van der Waals surface area contributed by atoms with E-state index in [1.807, 2.05) is 50.2 Å². The summed E-state index contributed by atoms with van der Waals surface area (Å²) in [6.07, 6.45) is 6.28. The number of thioether (sulfide) groups is 1. The van der Waals surface area contributed by atoms with Gasteiger partial charge in [0, 0.05) is 16.0 Å². The molecule has 2 aliphatic carbocycles. The van der Waals surface area contributed by atoms with E-state index in [1.54, 1.807) is 11.8 Å². The number of nitrogens with one attached hydrogen (secondary N) is 1. The van der Waals surface area contributed by atoms with Gasteiger partial charge in [-0.2, -0.15) is 0 Å². The van der Waals surface area contributed by atoms with E-state index in [2.05, 4.69) is 139 Å². The fourth-order valence-corrected chi connectivity index (χ4v) is 9.04. The van der Waals surface area contributed by atoms with Crippen molar-refractivity contribution >= 4 is 23.2 Å². The zero-order valence-corrected chi connectivity index (χ0v) is 29.6. The third-order valence-corrected chi connectivity index (χ3v) is 11.1.